The first kappa shape index (κ1) is 11.7. The molecule has 1 saturated heterocycles. The minimum absolute atomic E-state index is 0.177. The number of nitrogens with one attached hydrogen (secondary N) is 1. The molecule has 0 aromatic rings. The number of hydrogen-bond acceptors (Lipinski definition) is 3. The molecule has 0 aromatic carbocycles. The summed E-state index contributed by atoms with van der Waals surface area (Å²) in [6, 6.07) is -0.271. The lowest BCUT2D eigenvalue weighted by atomic mass is 9.95. The average molecular weight is 208 g/mol. The summed E-state index contributed by atoms with van der Waals surface area (Å²) >= 11 is 0. The van der Waals surface area contributed by atoms with E-state index in [1.165, 1.54) is 0 Å². The highest BCUT2D eigenvalue weighted by atomic mass is 16.6. The number of rotatable bonds is 4. The Labute approximate surface area is 89.5 Å². The van der Waals surface area contributed by atoms with Crippen LogP contribution < -0.4 is 5.32 Å². The van der Waals surface area contributed by atoms with Crippen molar-refractivity contribution in [1.29, 1.82) is 0 Å². The topological polar surface area (TPSA) is 55.2 Å². The smallest absolute Gasteiger partial charge is 0.225 e. The molecule has 2 unspecified atom stereocenters. The van der Waals surface area contributed by atoms with E-state index >= 15 is 0 Å². The summed E-state index contributed by atoms with van der Waals surface area (Å²) in [7, 11) is 0. The van der Waals surface area contributed by atoms with Gasteiger partial charge in [-0.3, -0.25) is 10.1 Å². The molecule has 1 fully saturated rings. The molecule has 2 atom stereocenters. The number of hydrogen-bond donors (Lipinski definition) is 1. The van der Waals surface area contributed by atoms with Gasteiger partial charge in [0, 0.05) is 17.4 Å². The van der Waals surface area contributed by atoms with Gasteiger partial charge >= 0.3 is 0 Å². The first-order valence-electron chi connectivity index (χ1n) is 5.01. The van der Waals surface area contributed by atoms with Crippen LogP contribution >= 0.6 is 0 Å². The molecule has 1 heterocycles. The van der Waals surface area contributed by atoms with Gasteiger partial charge in [0.15, 0.2) is 0 Å². The largest absolute Gasteiger partial charge is 0.304 e. The number of nitro groups is 1. The van der Waals surface area contributed by atoms with Crippen molar-refractivity contribution in [3.63, 3.8) is 0 Å². The van der Waals surface area contributed by atoms with Crippen LogP contribution in [0.2, 0.25) is 0 Å². The summed E-state index contributed by atoms with van der Waals surface area (Å²) in [5, 5.41) is 13.7. The Morgan fingerprint density at radius 1 is 1.47 bits per heavy atom. The molecule has 1 aliphatic heterocycles. The first-order valence-corrected chi connectivity index (χ1v) is 5.01. The predicted molar refractivity (Wildman–Crippen MR) is 60.3 cm³/mol. The van der Waals surface area contributed by atoms with Crippen molar-refractivity contribution in [3.8, 4) is 0 Å². The third-order valence-corrected chi connectivity index (χ3v) is 2.63. The first-order chi connectivity index (χ1) is 7.19. The van der Waals surface area contributed by atoms with Crippen molar-refractivity contribution < 1.29 is 4.92 Å². The van der Waals surface area contributed by atoms with Crippen molar-refractivity contribution in [3.05, 3.63) is 47.1 Å². The fourth-order valence-electron chi connectivity index (χ4n) is 1.77. The Morgan fingerprint density at radius 2 is 2.20 bits per heavy atom. The van der Waals surface area contributed by atoms with Crippen molar-refractivity contribution in [2.45, 2.75) is 24.9 Å². The monoisotopic (exact) mass is 208 g/mol. The van der Waals surface area contributed by atoms with Crippen LogP contribution in [0, 0.1) is 10.1 Å². The summed E-state index contributed by atoms with van der Waals surface area (Å²) in [5.41, 5.74) is 1.05. The van der Waals surface area contributed by atoms with Gasteiger partial charge in [-0.1, -0.05) is 31.4 Å². The van der Waals surface area contributed by atoms with Gasteiger partial charge in [0.1, 0.15) is 0 Å². The number of allylic oxidation sites excluding steroid dienone is 2. The van der Waals surface area contributed by atoms with E-state index in [9.17, 15) is 10.1 Å². The highest BCUT2D eigenvalue weighted by molar-refractivity contribution is 5.27. The van der Waals surface area contributed by atoms with E-state index in [1.54, 1.807) is 12.2 Å². The summed E-state index contributed by atoms with van der Waals surface area (Å²) in [4.78, 5) is 10.3. The number of nitrogens with zero attached hydrogens (tertiary/aromatic N) is 1. The lowest BCUT2D eigenvalue weighted by Crippen LogP contribution is -2.45. The van der Waals surface area contributed by atoms with E-state index in [0.717, 1.165) is 12.0 Å². The van der Waals surface area contributed by atoms with Crippen LogP contribution in [0.5, 0.6) is 0 Å². The molecule has 0 saturated carbocycles. The zero-order chi connectivity index (χ0) is 11.3. The zero-order valence-corrected chi connectivity index (χ0v) is 8.69. The minimum atomic E-state index is -0.448. The Balaban J connectivity index is 2.56. The molecular weight excluding hydrogens is 192 g/mol. The van der Waals surface area contributed by atoms with Gasteiger partial charge in [-0.05, 0) is 12.0 Å². The van der Waals surface area contributed by atoms with Crippen molar-refractivity contribution in [2.24, 2.45) is 0 Å². The molecule has 0 spiro atoms. The van der Waals surface area contributed by atoms with Gasteiger partial charge in [-0.2, -0.15) is 0 Å². The molecule has 82 valence electrons. The Bertz CT molecular complexity index is 289. The predicted octanol–water partition coefficient (Wildman–Crippen LogP) is 1.68. The molecule has 0 amide bonds. The van der Waals surface area contributed by atoms with Crippen molar-refractivity contribution in [2.75, 3.05) is 6.54 Å². The Hall–Kier alpha value is -1.42. The minimum Gasteiger partial charge on any atom is -0.304 e. The molecule has 15 heavy (non-hydrogen) atoms. The van der Waals surface area contributed by atoms with Gasteiger partial charge in [0.05, 0.1) is 6.54 Å². The summed E-state index contributed by atoms with van der Waals surface area (Å²) in [5.74, 6) is 0. The molecular formula is C11H16N2O2. The van der Waals surface area contributed by atoms with E-state index in [0.29, 0.717) is 13.0 Å². The fourth-order valence-corrected chi connectivity index (χ4v) is 1.77. The third-order valence-electron chi connectivity index (χ3n) is 2.63. The molecule has 0 aromatic heterocycles. The normalized spacial score (nSPS) is 27.1. The van der Waals surface area contributed by atoms with Gasteiger partial charge in [-0.15, -0.1) is 0 Å². The van der Waals surface area contributed by atoms with Crippen LogP contribution in [-0.4, -0.2) is 23.6 Å². The average Bonchev–Trinajstić information content (AvgIpc) is 2.26. The van der Waals surface area contributed by atoms with Crippen LogP contribution in [0.4, 0.5) is 0 Å². The molecule has 1 N–H and O–H groups in total. The summed E-state index contributed by atoms with van der Waals surface area (Å²) in [6.45, 7) is 7.78. The number of piperidine rings is 1. The maximum Gasteiger partial charge on any atom is 0.225 e. The fraction of sp³-hybridized carbons (Fsp3) is 0.455. The molecule has 1 aliphatic rings. The lowest BCUT2D eigenvalue weighted by molar-refractivity contribution is -0.523. The van der Waals surface area contributed by atoms with Crippen molar-refractivity contribution in [1.82, 2.24) is 5.32 Å². The summed E-state index contributed by atoms with van der Waals surface area (Å²) in [6.07, 6.45) is 6.76. The molecule has 4 nitrogen and oxygen atoms in total. The van der Waals surface area contributed by atoms with Gasteiger partial charge in [0.2, 0.25) is 6.04 Å². The van der Waals surface area contributed by atoms with Crippen LogP contribution in [0.15, 0.2) is 37.0 Å². The van der Waals surface area contributed by atoms with Gasteiger partial charge in [0.25, 0.3) is 0 Å². The van der Waals surface area contributed by atoms with Gasteiger partial charge < -0.3 is 5.32 Å². The SMILES string of the molecule is C=C/C=C(\C=C)C1CCC([N+](=O)[O-])CN1. The molecule has 0 bridgehead atoms. The van der Waals surface area contributed by atoms with Crippen LogP contribution in [0.1, 0.15) is 12.8 Å². The van der Waals surface area contributed by atoms with Crippen LogP contribution in [0.25, 0.3) is 0 Å². The second-order valence-corrected chi connectivity index (χ2v) is 3.58. The second kappa shape index (κ2) is 5.46. The van der Waals surface area contributed by atoms with E-state index in [1.807, 2.05) is 6.08 Å². The van der Waals surface area contributed by atoms with Crippen LogP contribution in [-0.2, 0) is 0 Å². The molecule has 4 heteroatoms. The second-order valence-electron chi connectivity index (χ2n) is 3.58. The molecule has 0 radical (unpaired) electrons. The summed E-state index contributed by atoms with van der Waals surface area (Å²) < 4.78 is 0. The molecule has 0 aliphatic carbocycles. The zero-order valence-electron chi connectivity index (χ0n) is 8.69. The molecule has 1 rings (SSSR count). The highest BCUT2D eigenvalue weighted by Crippen LogP contribution is 2.17. The standard InChI is InChI=1S/C11H16N2O2/c1-3-5-9(4-2)11-7-6-10(8-12-11)13(14)15/h3-5,10-12H,1-2,6-8H2/b9-5+. The van der Waals surface area contributed by atoms with E-state index < -0.39 is 6.04 Å². The van der Waals surface area contributed by atoms with E-state index in [2.05, 4.69) is 18.5 Å². The maximum absolute atomic E-state index is 10.5. The maximum atomic E-state index is 10.5. The van der Waals surface area contributed by atoms with Crippen molar-refractivity contribution >= 4 is 0 Å². The van der Waals surface area contributed by atoms with E-state index in [4.69, 9.17) is 0 Å². The quantitative estimate of drug-likeness (QED) is 0.434. The third kappa shape index (κ3) is 3.02. The van der Waals surface area contributed by atoms with Gasteiger partial charge in [-0.25, -0.2) is 0 Å². The van der Waals surface area contributed by atoms with E-state index in [-0.39, 0.29) is 11.0 Å². The Kier molecular flexibility index (Phi) is 4.24. The Morgan fingerprint density at radius 3 is 2.60 bits per heavy atom. The highest BCUT2D eigenvalue weighted by Gasteiger charge is 2.28. The lowest BCUT2D eigenvalue weighted by Gasteiger charge is -2.26. The van der Waals surface area contributed by atoms with Crippen LogP contribution in [0.3, 0.4) is 0 Å².